The van der Waals surface area contributed by atoms with Crippen molar-refractivity contribution in [1.82, 2.24) is 19.6 Å². The molecular formula is C17H21N5O3S. The molecule has 1 aromatic heterocycles. The van der Waals surface area contributed by atoms with Crippen molar-refractivity contribution in [3.63, 3.8) is 0 Å². The predicted molar refractivity (Wildman–Crippen MR) is 98.7 cm³/mol. The minimum atomic E-state index is -0.958. The quantitative estimate of drug-likeness (QED) is 0.848. The van der Waals surface area contributed by atoms with E-state index >= 15 is 0 Å². The number of carboxylic acid groups (broad SMARTS) is 1. The van der Waals surface area contributed by atoms with E-state index in [1.165, 1.54) is 23.7 Å². The Hall–Kier alpha value is -2.68. The number of benzene rings is 1. The number of carbonyl (C=O) groups is 2. The highest BCUT2D eigenvalue weighted by molar-refractivity contribution is 7.09. The second-order valence-electron chi connectivity index (χ2n) is 6.11. The van der Waals surface area contributed by atoms with Gasteiger partial charge in [0.05, 0.1) is 5.56 Å². The van der Waals surface area contributed by atoms with Gasteiger partial charge in [0.15, 0.2) is 0 Å². The Balaban J connectivity index is 1.51. The maximum atomic E-state index is 12.4. The summed E-state index contributed by atoms with van der Waals surface area (Å²) in [6.07, 6.45) is 0.874. The summed E-state index contributed by atoms with van der Waals surface area (Å²) in [4.78, 5) is 31.7. The van der Waals surface area contributed by atoms with Gasteiger partial charge in [0.2, 0.25) is 5.13 Å². The highest BCUT2D eigenvalue weighted by Crippen LogP contribution is 2.18. The monoisotopic (exact) mass is 375 g/mol. The molecule has 2 aromatic rings. The highest BCUT2D eigenvalue weighted by Gasteiger charge is 2.20. The SMILES string of the molecule is Cc1nsc(N2CCCN(C(=O)NCc3ccc(C(=O)O)cc3)CC2)n1. The summed E-state index contributed by atoms with van der Waals surface area (Å²) in [5.41, 5.74) is 1.10. The average Bonchev–Trinajstić information content (AvgIpc) is 2.92. The van der Waals surface area contributed by atoms with Crippen LogP contribution in [0.25, 0.3) is 0 Å². The molecule has 138 valence electrons. The van der Waals surface area contributed by atoms with E-state index in [4.69, 9.17) is 5.11 Å². The van der Waals surface area contributed by atoms with Crippen LogP contribution in [0.2, 0.25) is 0 Å². The Bertz CT molecular complexity index is 777. The van der Waals surface area contributed by atoms with Gasteiger partial charge in [-0.2, -0.15) is 4.37 Å². The second-order valence-corrected chi connectivity index (χ2v) is 6.84. The number of aryl methyl sites for hydroxylation is 1. The minimum Gasteiger partial charge on any atom is -0.478 e. The van der Waals surface area contributed by atoms with E-state index in [1.807, 2.05) is 6.92 Å². The molecule has 0 atom stereocenters. The summed E-state index contributed by atoms with van der Waals surface area (Å²) >= 11 is 1.39. The molecule has 0 spiro atoms. The van der Waals surface area contributed by atoms with Crippen LogP contribution in [0.5, 0.6) is 0 Å². The maximum absolute atomic E-state index is 12.4. The lowest BCUT2D eigenvalue weighted by atomic mass is 10.1. The Morgan fingerprint density at radius 2 is 1.96 bits per heavy atom. The summed E-state index contributed by atoms with van der Waals surface area (Å²) in [6.45, 7) is 5.15. The van der Waals surface area contributed by atoms with Crippen LogP contribution in [0, 0.1) is 6.92 Å². The van der Waals surface area contributed by atoms with Gasteiger partial charge in [0.25, 0.3) is 0 Å². The number of aromatic carboxylic acids is 1. The van der Waals surface area contributed by atoms with Crippen LogP contribution in [0.3, 0.4) is 0 Å². The van der Waals surface area contributed by atoms with Crippen LogP contribution >= 0.6 is 11.5 Å². The topological polar surface area (TPSA) is 98.7 Å². The summed E-state index contributed by atoms with van der Waals surface area (Å²) in [7, 11) is 0. The number of nitrogens with zero attached hydrogens (tertiary/aromatic N) is 4. The number of urea groups is 1. The van der Waals surface area contributed by atoms with Crippen molar-refractivity contribution < 1.29 is 14.7 Å². The van der Waals surface area contributed by atoms with Crippen LogP contribution < -0.4 is 10.2 Å². The van der Waals surface area contributed by atoms with Gasteiger partial charge in [-0.1, -0.05) is 12.1 Å². The Morgan fingerprint density at radius 3 is 2.62 bits per heavy atom. The third-order valence-corrected chi connectivity index (χ3v) is 5.08. The van der Waals surface area contributed by atoms with E-state index in [0.29, 0.717) is 19.6 Å². The van der Waals surface area contributed by atoms with Crippen LogP contribution in [0.1, 0.15) is 28.2 Å². The van der Waals surface area contributed by atoms with E-state index in [2.05, 4.69) is 19.6 Å². The molecule has 2 heterocycles. The van der Waals surface area contributed by atoms with Gasteiger partial charge in [-0.05, 0) is 31.0 Å². The van der Waals surface area contributed by atoms with Gasteiger partial charge in [0, 0.05) is 44.3 Å². The summed E-state index contributed by atoms with van der Waals surface area (Å²) in [5.74, 6) is -0.182. The first kappa shape index (κ1) is 18.1. The first-order valence-corrected chi connectivity index (χ1v) is 9.20. The number of carboxylic acids is 1. The van der Waals surface area contributed by atoms with E-state index < -0.39 is 5.97 Å². The normalized spacial score (nSPS) is 14.8. The van der Waals surface area contributed by atoms with E-state index in [1.54, 1.807) is 17.0 Å². The van der Waals surface area contributed by atoms with Gasteiger partial charge in [0.1, 0.15) is 5.82 Å². The van der Waals surface area contributed by atoms with Crippen molar-refractivity contribution in [2.24, 2.45) is 0 Å². The lowest BCUT2D eigenvalue weighted by Gasteiger charge is -2.22. The molecule has 2 N–H and O–H groups in total. The highest BCUT2D eigenvalue weighted by atomic mass is 32.1. The zero-order valence-electron chi connectivity index (χ0n) is 14.5. The molecule has 1 fully saturated rings. The standard InChI is InChI=1S/C17H21N5O3S/c1-12-19-17(26-20-12)22-8-2-7-21(9-10-22)16(25)18-11-13-3-5-14(6-4-13)15(23)24/h3-6H,2,7-11H2,1H3,(H,18,25)(H,23,24). The smallest absolute Gasteiger partial charge is 0.335 e. The number of carbonyl (C=O) groups excluding carboxylic acids is 1. The first-order valence-electron chi connectivity index (χ1n) is 8.43. The Morgan fingerprint density at radius 1 is 1.19 bits per heavy atom. The molecule has 8 nitrogen and oxygen atoms in total. The molecule has 1 aliphatic heterocycles. The molecule has 0 bridgehead atoms. The summed E-state index contributed by atoms with van der Waals surface area (Å²) in [5, 5.41) is 12.7. The fraction of sp³-hybridized carbons (Fsp3) is 0.412. The lowest BCUT2D eigenvalue weighted by Crippen LogP contribution is -2.41. The second kappa shape index (κ2) is 8.13. The van der Waals surface area contributed by atoms with Gasteiger partial charge in [-0.25, -0.2) is 14.6 Å². The molecule has 1 aromatic carbocycles. The van der Waals surface area contributed by atoms with Crippen molar-refractivity contribution in [3.05, 3.63) is 41.2 Å². The van der Waals surface area contributed by atoms with Crippen molar-refractivity contribution in [3.8, 4) is 0 Å². The van der Waals surface area contributed by atoms with Crippen molar-refractivity contribution >= 4 is 28.7 Å². The number of hydrogen-bond donors (Lipinski definition) is 2. The third kappa shape index (κ3) is 4.48. The summed E-state index contributed by atoms with van der Waals surface area (Å²) in [6, 6.07) is 6.40. The van der Waals surface area contributed by atoms with Crippen LogP contribution in [-0.4, -0.2) is 57.5 Å². The molecule has 0 saturated carbocycles. The molecule has 0 aliphatic carbocycles. The number of hydrogen-bond acceptors (Lipinski definition) is 6. The summed E-state index contributed by atoms with van der Waals surface area (Å²) < 4.78 is 4.22. The van der Waals surface area contributed by atoms with Crippen LogP contribution in [-0.2, 0) is 6.54 Å². The van der Waals surface area contributed by atoms with Gasteiger partial charge in [-0.15, -0.1) is 0 Å². The zero-order chi connectivity index (χ0) is 18.5. The average molecular weight is 375 g/mol. The predicted octanol–water partition coefficient (Wildman–Crippen LogP) is 1.97. The molecule has 2 amide bonds. The molecule has 1 aliphatic rings. The largest absolute Gasteiger partial charge is 0.478 e. The van der Waals surface area contributed by atoms with Crippen LogP contribution in [0.15, 0.2) is 24.3 Å². The minimum absolute atomic E-state index is 0.109. The number of rotatable bonds is 4. The number of nitrogens with one attached hydrogen (secondary N) is 1. The zero-order valence-corrected chi connectivity index (χ0v) is 15.3. The first-order chi connectivity index (χ1) is 12.5. The Kier molecular flexibility index (Phi) is 5.67. The Labute approximate surface area is 155 Å². The van der Waals surface area contributed by atoms with E-state index in [-0.39, 0.29) is 11.6 Å². The van der Waals surface area contributed by atoms with Crippen molar-refractivity contribution in [2.75, 3.05) is 31.1 Å². The number of aromatic nitrogens is 2. The molecule has 3 rings (SSSR count). The number of amides is 2. The molecule has 9 heteroatoms. The van der Waals surface area contributed by atoms with E-state index in [0.717, 1.165) is 36.0 Å². The lowest BCUT2D eigenvalue weighted by molar-refractivity contribution is 0.0697. The third-order valence-electron chi connectivity index (χ3n) is 4.22. The van der Waals surface area contributed by atoms with E-state index in [9.17, 15) is 9.59 Å². The molecule has 26 heavy (non-hydrogen) atoms. The van der Waals surface area contributed by atoms with Crippen LogP contribution in [0.4, 0.5) is 9.93 Å². The van der Waals surface area contributed by atoms with Crippen molar-refractivity contribution in [1.29, 1.82) is 0 Å². The fourth-order valence-electron chi connectivity index (χ4n) is 2.78. The maximum Gasteiger partial charge on any atom is 0.335 e. The van der Waals surface area contributed by atoms with Gasteiger partial charge in [-0.3, -0.25) is 0 Å². The number of anilines is 1. The van der Waals surface area contributed by atoms with Gasteiger partial charge < -0.3 is 20.2 Å². The molecular weight excluding hydrogens is 354 g/mol. The fourth-order valence-corrected chi connectivity index (χ4v) is 3.51. The molecule has 0 unspecified atom stereocenters. The van der Waals surface area contributed by atoms with Gasteiger partial charge >= 0.3 is 12.0 Å². The molecule has 1 saturated heterocycles. The van der Waals surface area contributed by atoms with Crippen molar-refractivity contribution in [2.45, 2.75) is 19.9 Å². The molecule has 0 radical (unpaired) electrons.